The Morgan fingerprint density at radius 1 is 1.30 bits per heavy atom. The van der Waals surface area contributed by atoms with Crippen molar-refractivity contribution in [2.75, 3.05) is 37.3 Å². The maximum absolute atomic E-state index is 6.08. The van der Waals surface area contributed by atoms with Crippen molar-refractivity contribution < 1.29 is 0 Å². The van der Waals surface area contributed by atoms with E-state index in [1.54, 1.807) is 0 Å². The SMILES string of the molecule is CCCc1nc(N)c(C)c(N2CCCN(C)CC2C)n1. The second kappa shape index (κ2) is 6.39. The molecule has 2 N–H and O–H groups in total. The Balaban J connectivity index is 2.34. The van der Waals surface area contributed by atoms with Crippen LogP contribution in [0.4, 0.5) is 11.6 Å². The molecule has 0 amide bonds. The van der Waals surface area contributed by atoms with E-state index in [9.17, 15) is 0 Å². The molecule has 2 heterocycles. The Bertz CT molecular complexity index is 460. The van der Waals surface area contributed by atoms with E-state index in [-0.39, 0.29) is 0 Å². The molecule has 1 aromatic rings. The number of likely N-dealkylation sites (N-methyl/N-ethyl adjacent to an activating group) is 1. The summed E-state index contributed by atoms with van der Waals surface area (Å²) >= 11 is 0. The van der Waals surface area contributed by atoms with Crippen molar-refractivity contribution in [3.05, 3.63) is 11.4 Å². The first-order valence-electron chi connectivity index (χ1n) is 7.61. The van der Waals surface area contributed by atoms with Gasteiger partial charge in [0, 0.05) is 31.1 Å². The summed E-state index contributed by atoms with van der Waals surface area (Å²) in [5.74, 6) is 2.53. The highest BCUT2D eigenvalue weighted by Crippen LogP contribution is 2.25. The van der Waals surface area contributed by atoms with Gasteiger partial charge in [-0.25, -0.2) is 9.97 Å². The molecule has 2 rings (SSSR count). The highest BCUT2D eigenvalue weighted by molar-refractivity contribution is 5.57. The molecule has 0 bridgehead atoms. The Morgan fingerprint density at radius 3 is 2.75 bits per heavy atom. The average molecular weight is 277 g/mol. The number of nitrogens with two attached hydrogens (primary N) is 1. The van der Waals surface area contributed by atoms with Gasteiger partial charge in [0.05, 0.1) is 0 Å². The fraction of sp³-hybridized carbons (Fsp3) is 0.733. The van der Waals surface area contributed by atoms with Crippen molar-refractivity contribution in [3.8, 4) is 0 Å². The first-order valence-corrected chi connectivity index (χ1v) is 7.61. The zero-order valence-electron chi connectivity index (χ0n) is 13.2. The molecule has 1 aliphatic rings. The highest BCUT2D eigenvalue weighted by atomic mass is 15.3. The molecule has 0 radical (unpaired) electrons. The normalized spacial score (nSPS) is 21.0. The van der Waals surface area contributed by atoms with E-state index in [1.807, 2.05) is 6.92 Å². The molecule has 1 aromatic heterocycles. The number of hydrogen-bond acceptors (Lipinski definition) is 5. The lowest BCUT2D eigenvalue weighted by atomic mass is 10.2. The Kier molecular flexibility index (Phi) is 4.81. The minimum atomic E-state index is 0.449. The monoisotopic (exact) mass is 277 g/mol. The molecule has 5 heteroatoms. The minimum absolute atomic E-state index is 0.449. The lowest BCUT2D eigenvalue weighted by Gasteiger charge is -2.30. The van der Waals surface area contributed by atoms with Crippen molar-refractivity contribution in [3.63, 3.8) is 0 Å². The summed E-state index contributed by atoms with van der Waals surface area (Å²) in [4.78, 5) is 14.0. The van der Waals surface area contributed by atoms with Crippen LogP contribution in [-0.2, 0) is 6.42 Å². The summed E-state index contributed by atoms with van der Waals surface area (Å²) in [6.07, 6.45) is 3.09. The topological polar surface area (TPSA) is 58.3 Å². The lowest BCUT2D eigenvalue weighted by Crippen LogP contribution is -2.39. The molecular formula is C15H27N5. The van der Waals surface area contributed by atoms with Crippen LogP contribution in [0.5, 0.6) is 0 Å². The largest absolute Gasteiger partial charge is 0.383 e. The standard InChI is InChI=1S/C15H27N5/c1-5-7-13-17-14(16)12(3)15(18-13)20-9-6-8-19(4)10-11(20)2/h11H,5-10H2,1-4H3,(H2,16,17,18). The van der Waals surface area contributed by atoms with Crippen LogP contribution in [0, 0.1) is 6.92 Å². The zero-order valence-corrected chi connectivity index (χ0v) is 13.2. The van der Waals surface area contributed by atoms with Crippen LogP contribution >= 0.6 is 0 Å². The number of hydrogen-bond donors (Lipinski definition) is 1. The van der Waals surface area contributed by atoms with Crippen molar-refractivity contribution in [2.24, 2.45) is 0 Å². The third kappa shape index (κ3) is 3.20. The fourth-order valence-electron chi connectivity index (χ4n) is 2.87. The number of rotatable bonds is 3. The third-order valence-corrected chi connectivity index (χ3v) is 4.00. The second-order valence-corrected chi connectivity index (χ2v) is 5.88. The average Bonchev–Trinajstić information content (AvgIpc) is 2.55. The van der Waals surface area contributed by atoms with E-state index < -0.39 is 0 Å². The van der Waals surface area contributed by atoms with Gasteiger partial charge >= 0.3 is 0 Å². The van der Waals surface area contributed by atoms with E-state index in [1.165, 1.54) is 0 Å². The van der Waals surface area contributed by atoms with Gasteiger partial charge in [-0.05, 0) is 40.3 Å². The summed E-state index contributed by atoms with van der Waals surface area (Å²) in [6, 6.07) is 0.449. The maximum atomic E-state index is 6.08. The quantitative estimate of drug-likeness (QED) is 0.913. The Morgan fingerprint density at radius 2 is 2.05 bits per heavy atom. The molecule has 1 aliphatic heterocycles. The van der Waals surface area contributed by atoms with E-state index in [2.05, 4.69) is 35.7 Å². The van der Waals surface area contributed by atoms with Crippen molar-refractivity contribution >= 4 is 11.6 Å². The van der Waals surface area contributed by atoms with Gasteiger partial charge in [0.15, 0.2) is 0 Å². The maximum Gasteiger partial charge on any atom is 0.137 e. The Labute approximate surface area is 122 Å². The van der Waals surface area contributed by atoms with E-state index >= 15 is 0 Å². The molecule has 1 fully saturated rings. The van der Waals surface area contributed by atoms with Gasteiger partial charge in [0.2, 0.25) is 0 Å². The summed E-state index contributed by atoms with van der Waals surface area (Å²) < 4.78 is 0. The molecule has 0 saturated carbocycles. The molecule has 112 valence electrons. The van der Waals surface area contributed by atoms with Crippen LogP contribution in [-0.4, -0.2) is 47.6 Å². The van der Waals surface area contributed by atoms with Gasteiger partial charge in [-0.1, -0.05) is 6.92 Å². The number of aryl methyl sites for hydroxylation is 1. The highest BCUT2D eigenvalue weighted by Gasteiger charge is 2.23. The number of nitrogens with zero attached hydrogens (tertiary/aromatic N) is 4. The van der Waals surface area contributed by atoms with Gasteiger partial charge in [-0.2, -0.15) is 0 Å². The van der Waals surface area contributed by atoms with E-state index in [0.717, 1.165) is 56.1 Å². The van der Waals surface area contributed by atoms with Gasteiger partial charge in [0.1, 0.15) is 17.5 Å². The third-order valence-electron chi connectivity index (χ3n) is 4.00. The van der Waals surface area contributed by atoms with E-state index in [0.29, 0.717) is 11.9 Å². The fourth-order valence-corrected chi connectivity index (χ4v) is 2.87. The summed E-state index contributed by atoms with van der Waals surface area (Å²) in [5.41, 5.74) is 7.10. The van der Waals surface area contributed by atoms with Crippen LogP contribution in [0.15, 0.2) is 0 Å². The van der Waals surface area contributed by atoms with E-state index in [4.69, 9.17) is 10.7 Å². The van der Waals surface area contributed by atoms with Crippen LogP contribution in [0.1, 0.15) is 38.1 Å². The molecule has 0 aliphatic carbocycles. The van der Waals surface area contributed by atoms with Crippen LogP contribution in [0.3, 0.4) is 0 Å². The molecule has 1 unspecified atom stereocenters. The second-order valence-electron chi connectivity index (χ2n) is 5.88. The Hall–Kier alpha value is -1.36. The summed E-state index contributed by atoms with van der Waals surface area (Å²) in [6.45, 7) is 9.67. The number of aromatic nitrogens is 2. The first-order chi connectivity index (χ1) is 9.52. The van der Waals surface area contributed by atoms with Crippen molar-refractivity contribution in [1.82, 2.24) is 14.9 Å². The molecule has 20 heavy (non-hydrogen) atoms. The number of anilines is 2. The number of nitrogen functional groups attached to an aromatic ring is 1. The predicted molar refractivity (Wildman–Crippen MR) is 84.1 cm³/mol. The van der Waals surface area contributed by atoms with Gasteiger partial charge in [0.25, 0.3) is 0 Å². The summed E-state index contributed by atoms with van der Waals surface area (Å²) in [5, 5.41) is 0. The van der Waals surface area contributed by atoms with Gasteiger partial charge in [-0.3, -0.25) is 0 Å². The lowest BCUT2D eigenvalue weighted by molar-refractivity contribution is 0.337. The zero-order chi connectivity index (χ0) is 14.7. The van der Waals surface area contributed by atoms with Crippen LogP contribution < -0.4 is 10.6 Å². The molecule has 0 spiro atoms. The predicted octanol–water partition coefficient (Wildman–Crippen LogP) is 1.85. The molecule has 1 atom stereocenters. The molecule has 0 aromatic carbocycles. The van der Waals surface area contributed by atoms with Crippen LogP contribution in [0.25, 0.3) is 0 Å². The van der Waals surface area contributed by atoms with Gasteiger partial charge in [-0.15, -0.1) is 0 Å². The first kappa shape index (κ1) is 15.0. The van der Waals surface area contributed by atoms with Crippen molar-refractivity contribution in [1.29, 1.82) is 0 Å². The van der Waals surface area contributed by atoms with Gasteiger partial charge < -0.3 is 15.5 Å². The van der Waals surface area contributed by atoms with Crippen LogP contribution in [0.2, 0.25) is 0 Å². The molecule has 1 saturated heterocycles. The minimum Gasteiger partial charge on any atom is -0.383 e. The summed E-state index contributed by atoms with van der Waals surface area (Å²) in [7, 11) is 2.18. The molecule has 5 nitrogen and oxygen atoms in total. The van der Waals surface area contributed by atoms with Crippen molar-refractivity contribution in [2.45, 2.75) is 46.1 Å². The molecular weight excluding hydrogens is 250 g/mol. The smallest absolute Gasteiger partial charge is 0.137 e.